The number of likely N-dealkylation sites (tertiary alicyclic amines) is 1. The van der Waals surface area contributed by atoms with Gasteiger partial charge < -0.3 is 34.7 Å². The van der Waals surface area contributed by atoms with Crippen LogP contribution in [0.4, 0.5) is 18.0 Å². The molecule has 1 saturated heterocycles. The van der Waals surface area contributed by atoms with E-state index in [0.717, 1.165) is 145 Å². The lowest BCUT2D eigenvalue weighted by molar-refractivity contribution is -0.138. The Bertz CT molecular complexity index is 3080. The minimum absolute atomic E-state index is 0.0260. The van der Waals surface area contributed by atoms with Gasteiger partial charge in [0.25, 0.3) is 0 Å². The minimum atomic E-state index is -0.947. The number of carbonyl (C=O) groups is 4. The zero-order valence-electron chi connectivity index (χ0n) is 48.8. The fraction of sp³-hybridized carbons (Fsp3) is 0.582. The van der Waals surface area contributed by atoms with Crippen LogP contribution in [-0.2, 0) is 35.0 Å². The van der Waals surface area contributed by atoms with E-state index in [-0.39, 0.29) is 76.9 Å². The number of nitrogens with zero attached hydrogens (tertiary/aromatic N) is 1. The van der Waals surface area contributed by atoms with E-state index in [1.807, 2.05) is 11.0 Å². The first-order valence-corrected chi connectivity index (χ1v) is 30.5. The van der Waals surface area contributed by atoms with Crippen LogP contribution in [0.25, 0.3) is 27.6 Å². The van der Waals surface area contributed by atoms with Crippen molar-refractivity contribution in [3.63, 3.8) is 0 Å². The van der Waals surface area contributed by atoms with Gasteiger partial charge in [-0.25, -0.2) is 18.0 Å². The Kier molecular flexibility index (Phi) is 18.1. The molecule has 4 aromatic rings. The van der Waals surface area contributed by atoms with Crippen LogP contribution >= 0.6 is 0 Å². The van der Waals surface area contributed by atoms with Crippen LogP contribution in [0.15, 0.2) is 48.6 Å². The molecule has 436 valence electrons. The normalized spacial score (nSPS) is 25.3. The van der Waals surface area contributed by atoms with Crippen molar-refractivity contribution in [3.05, 3.63) is 111 Å². The molecule has 2 unspecified atom stereocenters. The fourth-order valence-corrected chi connectivity index (χ4v) is 15.5. The van der Waals surface area contributed by atoms with Crippen molar-refractivity contribution >= 4 is 40.2 Å². The van der Waals surface area contributed by atoms with Crippen LogP contribution in [-0.4, -0.2) is 91.8 Å². The van der Waals surface area contributed by atoms with Gasteiger partial charge in [-0.05, 0) is 209 Å². The molecule has 10 atom stereocenters. The van der Waals surface area contributed by atoms with Gasteiger partial charge in [-0.1, -0.05) is 57.6 Å². The van der Waals surface area contributed by atoms with Crippen LogP contribution in [0.5, 0.6) is 0 Å². The van der Waals surface area contributed by atoms with Gasteiger partial charge >= 0.3 is 6.09 Å². The van der Waals surface area contributed by atoms with Crippen LogP contribution in [0.1, 0.15) is 217 Å². The minimum Gasteiger partial charge on any atom is -0.453 e. The van der Waals surface area contributed by atoms with E-state index in [4.69, 9.17) is 14.2 Å². The summed E-state index contributed by atoms with van der Waals surface area (Å²) in [6.45, 7) is 12.6. The quantitative estimate of drug-likeness (QED) is 0.107. The monoisotopic (exact) mass is 1110 g/mol. The van der Waals surface area contributed by atoms with Gasteiger partial charge in [0.2, 0.25) is 11.8 Å². The summed E-state index contributed by atoms with van der Waals surface area (Å²) in [7, 11) is 4.31. The van der Waals surface area contributed by atoms with Gasteiger partial charge in [0, 0.05) is 72.8 Å². The molecular formula is C67H85F3N4O7. The molecule has 81 heavy (non-hydrogen) atoms. The predicted molar refractivity (Wildman–Crippen MR) is 311 cm³/mol. The molecule has 3 amide bonds. The number of alkyl carbamates (subject to hydrolysis) is 1. The first-order valence-electron chi connectivity index (χ1n) is 30.5. The number of hydrogen-bond donors (Lipinski definition) is 3. The van der Waals surface area contributed by atoms with Crippen molar-refractivity contribution < 1.29 is 46.6 Å². The molecule has 1 aromatic heterocycles. The zero-order valence-corrected chi connectivity index (χ0v) is 48.8. The molecule has 6 aliphatic rings. The van der Waals surface area contributed by atoms with Crippen LogP contribution in [0, 0.1) is 30.3 Å². The second kappa shape index (κ2) is 25.0. The van der Waals surface area contributed by atoms with Crippen molar-refractivity contribution in [2.45, 2.75) is 216 Å². The smallest absolute Gasteiger partial charge is 0.407 e. The molecule has 0 radical (unpaired) electrons. The standard InChI is InChI=1S/C67H85F3N4O7/c1-9-59(76)72-64(38(4)79-6)58(75)31-41-20-15-16-21-47(41)63-37(3)49-33-50-42-23-24-43(29-45(28-42)52-34-55(69)60(40-18-13-11-10-12-14-19-40)62(70)61(52)53(50)35-56(49)71-63)51-32-48-36(2)46(26-25-44(48)30-54(51)68)57-22-17-27-74(57)66(77)65(39(5)80-7)73-67(78)81-8/h30-35,38-40,42-43,45-47,57,64-65,71H,2,9-29H2,1,3-8H3,(H,72,76)(H,73,78)/b41-31-/t38-,39-,42+,43+,45?,46?,47-,57+,64+,65+/m1/s1. The SMILES string of the molecule is C=C1c2cc([C@H]3CC[C@H]4CC(C3)c3cc(F)c(C5CCCCCCC5)c(F)c3-c3cc5[nH]c([C@@H]6CCCC/C6=C/C(=O)[C@@H](NC(=O)CC)[C@@H](C)OC)c(C)c5cc34)c(F)cc2CCC1[C@@H]1CCCN1C(=O)[C@@H](NC(=O)OC)[C@@H](C)OC. The Morgan fingerprint density at radius 3 is 2.12 bits per heavy atom. The number of ether oxygens (including phenoxy) is 3. The molecular weight excluding hydrogens is 1030 g/mol. The van der Waals surface area contributed by atoms with Gasteiger partial charge in [0.05, 0.1) is 19.3 Å². The Morgan fingerprint density at radius 2 is 1.42 bits per heavy atom. The van der Waals surface area contributed by atoms with Gasteiger partial charge in [-0.15, -0.1) is 0 Å². The lowest BCUT2D eigenvalue weighted by atomic mass is 9.74. The summed E-state index contributed by atoms with van der Waals surface area (Å²) < 4.78 is 68.6. The first-order chi connectivity index (χ1) is 39.0. The lowest BCUT2D eigenvalue weighted by Crippen LogP contribution is -2.56. The predicted octanol–water partition coefficient (Wildman–Crippen LogP) is 14.3. The van der Waals surface area contributed by atoms with E-state index in [1.54, 1.807) is 39.0 Å². The number of halogens is 3. The Labute approximate surface area is 477 Å². The number of allylic oxidation sites excluding steroid dienone is 1. The van der Waals surface area contributed by atoms with Crippen molar-refractivity contribution in [2.75, 3.05) is 27.9 Å². The highest BCUT2D eigenvalue weighted by Crippen LogP contribution is 2.56. The van der Waals surface area contributed by atoms with Crippen LogP contribution in [0.3, 0.4) is 0 Å². The molecule has 2 heterocycles. The van der Waals surface area contributed by atoms with E-state index in [0.29, 0.717) is 55.3 Å². The fourth-order valence-electron chi connectivity index (χ4n) is 15.5. The second-order valence-corrected chi connectivity index (χ2v) is 24.6. The zero-order chi connectivity index (χ0) is 57.4. The number of nitrogens with one attached hydrogen (secondary N) is 3. The van der Waals surface area contributed by atoms with Gasteiger partial charge in [-0.3, -0.25) is 14.4 Å². The Balaban J connectivity index is 1.02. The third-order valence-corrected chi connectivity index (χ3v) is 20.1. The van der Waals surface area contributed by atoms with E-state index < -0.39 is 42.0 Å². The molecule has 4 fully saturated rings. The highest BCUT2D eigenvalue weighted by molar-refractivity contribution is 5.98. The summed E-state index contributed by atoms with van der Waals surface area (Å²) in [6.07, 6.45) is 15.6. The molecule has 1 aliphatic heterocycles. The van der Waals surface area contributed by atoms with Crippen molar-refractivity contribution in [1.29, 1.82) is 0 Å². The average molecular weight is 1120 g/mol. The summed E-state index contributed by atoms with van der Waals surface area (Å²) >= 11 is 0. The number of aromatic nitrogens is 1. The first kappa shape index (κ1) is 58.5. The molecule has 14 heteroatoms. The average Bonchev–Trinajstić information content (AvgIpc) is 3.26. The second-order valence-electron chi connectivity index (χ2n) is 24.6. The number of hydrogen-bond acceptors (Lipinski definition) is 7. The number of ketones is 1. The number of aryl methyl sites for hydroxylation is 2. The summed E-state index contributed by atoms with van der Waals surface area (Å²) in [4.78, 5) is 59.0. The van der Waals surface area contributed by atoms with E-state index in [2.05, 4.69) is 41.3 Å². The van der Waals surface area contributed by atoms with Crippen molar-refractivity contribution in [2.24, 2.45) is 5.92 Å². The van der Waals surface area contributed by atoms with Gasteiger partial charge in [-0.2, -0.15) is 0 Å². The molecule has 11 nitrogen and oxygen atoms in total. The lowest BCUT2D eigenvalue weighted by Gasteiger charge is -2.38. The maximum Gasteiger partial charge on any atom is 0.407 e. The number of rotatable bonds is 14. The van der Waals surface area contributed by atoms with Crippen LogP contribution < -0.4 is 10.6 Å². The van der Waals surface area contributed by atoms with Gasteiger partial charge in [0.15, 0.2) is 5.78 Å². The molecule has 3 N–H and O–H groups in total. The molecule has 2 bridgehead atoms. The van der Waals surface area contributed by atoms with E-state index >= 15 is 13.2 Å². The van der Waals surface area contributed by atoms with Crippen molar-refractivity contribution in [1.82, 2.24) is 20.5 Å². The third kappa shape index (κ3) is 11.5. The number of aromatic amines is 1. The number of carbonyl (C=O) groups excluding carboxylic acids is 4. The van der Waals surface area contributed by atoms with Crippen LogP contribution in [0.2, 0.25) is 0 Å². The van der Waals surface area contributed by atoms with E-state index in [9.17, 15) is 19.2 Å². The maximum atomic E-state index is 18.3. The third-order valence-electron chi connectivity index (χ3n) is 20.1. The number of fused-ring (bicyclic) bond motifs is 9. The molecule has 0 spiro atoms. The molecule has 10 rings (SSSR count). The van der Waals surface area contributed by atoms with E-state index in [1.165, 1.54) is 21.3 Å². The highest BCUT2D eigenvalue weighted by Gasteiger charge is 2.44. The highest BCUT2D eigenvalue weighted by atomic mass is 19.1. The van der Waals surface area contributed by atoms with Crippen molar-refractivity contribution in [3.8, 4) is 11.1 Å². The number of amides is 3. The summed E-state index contributed by atoms with van der Waals surface area (Å²) in [5, 5.41) is 6.61. The number of methoxy groups -OCH3 is 3. The summed E-state index contributed by atoms with van der Waals surface area (Å²) in [6, 6.07) is 7.77. The Morgan fingerprint density at radius 1 is 0.728 bits per heavy atom. The summed E-state index contributed by atoms with van der Waals surface area (Å²) in [5.74, 6) is -2.80. The maximum absolute atomic E-state index is 18.3. The Hall–Kier alpha value is -5.73. The molecule has 5 aliphatic carbocycles. The number of benzene rings is 3. The summed E-state index contributed by atoms with van der Waals surface area (Å²) in [5.41, 5.74) is 10.4. The molecule has 3 saturated carbocycles. The topological polar surface area (TPSA) is 139 Å². The van der Waals surface area contributed by atoms with Gasteiger partial charge in [0.1, 0.15) is 29.5 Å². The molecule has 3 aromatic carbocycles. The number of H-pyrrole nitrogens is 1. The largest absolute Gasteiger partial charge is 0.453 e.